The van der Waals surface area contributed by atoms with Crippen molar-refractivity contribution < 1.29 is 65.1 Å². The lowest BCUT2D eigenvalue weighted by atomic mass is 10.0. The number of piperazine rings is 2. The average molecular weight is 1180 g/mol. The van der Waals surface area contributed by atoms with E-state index in [9.17, 15) is 46.1 Å². The van der Waals surface area contributed by atoms with Gasteiger partial charge in [0.1, 0.15) is 11.5 Å². The highest BCUT2D eigenvalue weighted by Gasteiger charge is 2.44. The van der Waals surface area contributed by atoms with Gasteiger partial charge < -0.3 is 48.8 Å². The van der Waals surface area contributed by atoms with E-state index in [4.69, 9.17) is 28.9 Å². The lowest BCUT2D eigenvalue weighted by Crippen LogP contribution is -2.58. The maximum atomic E-state index is 13.9. The van der Waals surface area contributed by atoms with E-state index in [2.05, 4.69) is 19.8 Å². The number of methoxy groups -OCH3 is 4. The van der Waals surface area contributed by atoms with Crippen LogP contribution in [0.5, 0.6) is 23.3 Å². The number of aliphatic carboxylic acids is 2. The number of aliphatic imine (C=N–C) groups is 2. The van der Waals surface area contributed by atoms with E-state index in [-0.39, 0.29) is 47.8 Å². The lowest BCUT2D eigenvalue weighted by molar-refractivity contribution is -0.138. The summed E-state index contributed by atoms with van der Waals surface area (Å²) in [5, 5.41) is 19.8. The van der Waals surface area contributed by atoms with Crippen LogP contribution in [0, 0.1) is 13.8 Å². The standard InChI is InChI=1S/2C28H30F3N5O4S/c2*1-16-15-34(9-10-35(16)19-7-8-32-24(13-19)40-4)27-33-20-11-17(2)41-26(20)22(14-25(37)38)36(27)21-12-18(28(29,30)31)5-6-23(21)39-3/h2*5-8,11-13,16,22H,9-10,14-15H2,1-4H3,(H,37,38)/t16-,22+;16-,22-/m11/s1. The number of hydrogen-bond acceptors (Lipinski definition) is 18. The minimum Gasteiger partial charge on any atom is -0.495 e. The Morgan fingerprint density at radius 1 is 0.573 bits per heavy atom. The number of alkyl halides is 6. The Balaban J connectivity index is 0.000000198. The van der Waals surface area contributed by atoms with Crippen LogP contribution in [0.4, 0.5) is 60.5 Å². The number of carbonyl (C=O) groups is 2. The summed E-state index contributed by atoms with van der Waals surface area (Å²) in [6.07, 6.45) is -6.52. The molecule has 2 fully saturated rings. The molecule has 2 aromatic carbocycles. The molecular weight excluding hydrogens is 1120 g/mol. The zero-order valence-electron chi connectivity index (χ0n) is 45.9. The predicted molar refractivity (Wildman–Crippen MR) is 302 cm³/mol. The van der Waals surface area contributed by atoms with Gasteiger partial charge in [0.2, 0.25) is 23.7 Å². The SMILES string of the molecule is COc1cc(N2CCN(C3=Nc4cc(C)sc4[C@@H](CC(=O)O)N3c3cc(C(F)(F)F)ccc3OC)C[C@H]2C)ccn1.COc1cc(N2CCN(C3=Nc4cc(C)sc4[C@H](CC(=O)O)N3c3cc(C(F)(F)F)ccc3OC)C[C@H]2C)ccn1. The monoisotopic (exact) mass is 1180 g/mol. The van der Waals surface area contributed by atoms with Gasteiger partial charge in [-0.05, 0) is 88.4 Å². The predicted octanol–water partition coefficient (Wildman–Crippen LogP) is 11.4. The number of halogens is 6. The molecule has 82 heavy (non-hydrogen) atoms. The lowest BCUT2D eigenvalue weighted by Gasteiger charge is -2.47. The molecule has 0 unspecified atom stereocenters. The highest BCUT2D eigenvalue weighted by molar-refractivity contribution is 7.13. The molecule has 0 aliphatic carbocycles. The van der Waals surface area contributed by atoms with Crippen molar-refractivity contribution in [3.05, 3.63) is 116 Å². The summed E-state index contributed by atoms with van der Waals surface area (Å²) in [6, 6.07) is 16.1. The smallest absolute Gasteiger partial charge is 0.416 e. The largest absolute Gasteiger partial charge is 0.495 e. The number of anilines is 4. The maximum absolute atomic E-state index is 13.9. The number of aromatic nitrogens is 2. The van der Waals surface area contributed by atoms with E-state index in [1.54, 1.807) is 36.4 Å². The summed E-state index contributed by atoms with van der Waals surface area (Å²) in [7, 11) is 5.87. The van der Waals surface area contributed by atoms with E-state index >= 15 is 0 Å². The van der Waals surface area contributed by atoms with Gasteiger partial charge in [-0.1, -0.05) is 0 Å². The first-order chi connectivity index (χ1) is 39.0. The fourth-order valence-electron chi connectivity index (χ4n) is 10.8. The number of rotatable bonds is 12. The van der Waals surface area contributed by atoms with Crippen molar-refractivity contribution in [3.63, 3.8) is 0 Å². The van der Waals surface area contributed by atoms with E-state index in [1.165, 1.54) is 49.0 Å². The van der Waals surface area contributed by atoms with Crippen LogP contribution in [0.25, 0.3) is 0 Å². The molecule has 4 aliphatic rings. The van der Waals surface area contributed by atoms with Crippen molar-refractivity contribution >= 4 is 80.7 Å². The number of nitrogens with zero attached hydrogens (tertiary/aromatic N) is 10. The van der Waals surface area contributed by atoms with Crippen LogP contribution < -0.4 is 38.5 Å². The van der Waals surface area contributed by atoms with Gasteiger partial charge in [-0.2, -0.15) is 26.3 Å². The van der Waals surface area contributed by atoms with Gasteiger partial charge in [0.25, 0.3) is 0 Å². The second kappa shape index (κ2) is 23.8. The van der Waals surface area contributed by atoms with Crippen LogP contribution in [-0.4, -0.2) is 134 Å². The van der Waals surface area contributed by atoms with Gasteiger partial charge in [0, 0.05) is 97.0 Å². The van der Waals surface area contributed by atoms with Crippen LogP contribution in [-0.2, 0) is 21.9 Å². The van der Waals surface area contributed by atoms with E-state index in [0.717, 1.165) is 45.4 Å². The molecule has 4 aliphatic heterocycles. The summed E-state index contributed by atoms with van der Waals surface area (Å²) in [4.78, 5) is 57.3. The summed E-state index contributed by atoms with van der Waals surface area (Å²) in [6.45, 7) is 11.0. The van der Waals surface area contributed by atoms with Gasteiger partial charge in [-0.3, -0.25) is 19.4 Å². The fourth-order valence-corrected chi connectivity index (χ4v) is 12.9. The molecule has 10 rings (SSSR count). The molecule has 8 heterocycles. The highest BCUT2D eigenvalue weighted by Crippen LogP contribution is 2.50. The number of benzene rings is 2. The first-order valence-corrected chi connectivity index (χ1v) is 27.6. The van der Waals surface area contributed by atoms with E-state index < -0.39 is 47.5 Å². The molecule has 0 amide bonds. The van der Waals surface area contributed by atoms with Gasteiger partial charge in [0.05, 0.1) is 97.0 Å². The van der Waals surface area contributed by atoms with Crippen molar-refractivity contribution in [2.45, 2.75) is 77.1 Å². The number of pyridine rings is 2. The Hall–Kier alpha value is -8.00. The van der Waals surface area contributed by atoms with E-state index in [1.807, 2.05) is 73.9 Å². The van der Waals surface area contributed by atoms with Crippen LogP contribution >= 0.6 is 22.7 Å². The molecule has 0 bridgehead atoms. The van der Waals surface area contributed by atoms with Crippen molar-refractivity contribution in [2.24, 2.45) is 9.98 Å². The molecule has 0 saturated carbocycles. The van der Waals surface area contributed by atoms with E-state index in [0.29, 0.717) is 84.1 Å². The number of aryl methyl sites for hydroxylation is 2. The minimum atomic E-state index is -4.60. The van der Waals surface area contributed by atoms with Gasteiger partial charge in [0.15, 0.2) is 0 Å². The first-order valence-electron chi connectivity index (χ1n) is 25.9. The number of ether oxygens (including phenoxy) is 4. The molecule has 0 spiro atoms. The maximum Gasteiger partial charge on any atom is 0.416 e. The highest BCUT2D eigenvalue weighted by atomic mass is 32.1. The van der Waals surface area contributed by atoms with Gasteiger partial charge in [-0.25, -0.2) is 20.0 Å². The number of hydrogen-bond donors (Lipinski definition) is 2. The number of guanidine groups is 2. The van der Waals surface area contributed by atoms with Gasteiger partial charge in [-0.15, -0.1) is 22.7 Å². The molecule has 6 aromatic rings. The Bertz CT molecular complexity index is 3170. The summed E-state index contributed by atoms with van der Waals surface area (Å²) >= 11 is 2.79. The normalized spacial score (nSPS) is 19.1. The molecule has 2 N–H and O–H groups in total. The summed E-state index contributed by atoms with van der Waals surface area (Å²) in [5.41, 5.74) is 1.63. The molecular formula is C56H60F6N10O8S2. The molecule has 2 saturated heterocycles. The fraction of sp³-hybridized carbons (Fsp3) is 0.393. The Morgan fingerprint density at radius 2 is 0.963 bits per heavy atom. The second-order valence-corrected chi connectivity index (χ2v) is 22.4. The third-order valence-corrected chi connectivity index (χ3v) is 16.7. The van der Waals surface area contributed by atoms with Crippen LogP contribution in [0.1, 0.15) is 69.4 Å². The van der Waals surface area contributed by atoms with Crippen molar-refractivity contribution in [1.82, 2.24) is 19.8 Å². The second-order valence-electron chi connectivity index (χ2n) is 19.9. The van der Waals surface area contributed by atoms with Crippen LogP contribution in [0.15, 0.2) is 95.2 Å². The third kappa shape index (κ3) is 12.3. The molecule has 4 atom stereocenters. The zero-order chi connectivity index (χ0) is 58.9. The minimum absolute atomic E-state index is 0.0210. The van der Waals surface area contributed by atoms with Crippen LogP contribution in [0.2, 0.25) is 0 Å². The Labute approximate surface area is 477 Å². The van der Waals surface area contributed by atoms with Crippen molar-refractivity contribution in [2.75, 3.05) is 87.3 Å². The van der Waals surface area contributed by atoms with Crippen molar-refractivity contribution in [3.8, 4) is 23.3 Å². The summed E-state index contributed by atoms with van der Waals surface area (Å²) < 4.78 is 105. The topological polar surface area (TPSA) is 181 Å². The quantitative estimate of drug-likeness (QED) is 0.110. The number of carboxylic acids is 2. The third-order valence-electron chi connectivity index (χ3n) is 14.4. The Morgan fingerprint density at radius 3 is 1.29 bits per heavy atom. The van der Waals surface area contributed by atoms with Crippen LogP contribution in [0.3, 0.4) is 0 Å². The average Bonchev–Trinajstić information content (AvgIpc) is 2.25. The number of thiophene rings is 2. The first kappa shape index (κ1) is 58.6. The number of fused-ring (bicyclic) bond motifs is 2. The zero-order valence-corrected chi connectivity index (χ0v) is 47.6. The Kier molecular flexibility index (Phi) is 17.0. The number of carboxylic acid groups (broad SMARTS) is 2. The molecule has 18 nitrogen and oxygen atoms in total. The molecule has 436 valence electrons. The molecule has 0 radical (unpaired) electrons. The summed E-state index contributed by atoms with van der Waals surface area (Å²) in [5.74, 6) is -0.0114. The van der Waals surface area contributed by atoms with Crippen molar-refractivity contribution in [1.29, 1.82) is 0 Å². The molecule has 4 aromatic heterocycles. The molecule has 26 heteroatoms. The van der Waals surface area contributed by atoms with Gasteiger partial charge >= 0.3 is 24.3 Å².